The van der Waals surface area contributed by atoms with E-state index in [4.69, 9.17) is 5.26 Å². The Labute approximate surface area is 146 Å². The van der Waals surface area contributed by atoms with Gasteiger partial charge in [0.2, 0.25) is 0 Å². The van der Waals surface area contributed by atoms with Gasteiger partial charge in [0, 0.05) is 36.0 Å². The van der Waals surface area contributed by atoms with Gasteiger partial charge in [-0.05, 0) is 49.9 Å². The van der Waals surface area contributed by atoms with Crippen LogP contribution in [0.5, 0.6) is 0 Å². The quantitative estimate of drug-likeness (QED) is 0.931. The molecule has 1 aliphatic heterocycles. The second kappa shape index (κ2) is 6.52. The molecule has 1 aliphatic carbocycles. The Kier molecular flexibility index (Phi) is 4.06. The predicted octanol–water partition coefficient (Wildman–Crippen LogP) is 2.16. The predicted molar refractivity (Wildman–Crippen MR) is 93.1 cm³/mol. The largest absolute Gasteiger partial charge is 0.365 e. The molecule has 0 spiro atoms. The van der Waals surface area contributed by atoms with Crippen LogP contribution in [0, 0.1) is 11.3 Å². The van der Waals surface area contributed by atoms with E-state index in [9.17, 15) is 4.79 Å². The molecule has 1 unspecified atom stereocenters. The Bertz CT molecular complexity index is 840. The van der Waals surface area contributed by atoms with Crippen molar-refractivity contribution >= 4 is 11.7 Å². The van der Waals surface area contributed by atoms with Crippen molar-refractivity contribution in [3.05, 3.63) is 53.0 Å². The first-order chi connectivity index (χ1) is 12.2. The second-order valence-corrected chi connectivity index (χ2v) is 6.57. The highest BCUT2D eigenvalue weighted by atomic mass is 16.2. The highest BCUT2D eigenvalue weighted by Gasteiger charge is 2.28. The zero-order valence-electron chi connectivity index (χ0n) is 13.9. The number of nitrogens with zero attached hydrogens (tertiary/aromatic N) is 4. The lowest BCUT2D eigenvalue weighted by Crippen LogP contribution is -2.31. The molecule has 2 aliphatic rings. The maximum atomic E-state index is 12.6. The van der Waals surface area contributed by atoms with E-state index in [2.05, 4.69) is 21.4 Å². The average molecular weight is 333 g/mol. The molecule has 1 aromatic carbocycles. The van der Waals surface area contributed by atoms with Crippen molar-refractivity contribution in [3.8, 4) is 6.07 Å². The minimum Gasteiger partial charge on any atom is -0.365 e. The van der Waals surface area contributed by atoms with Crippen LogP contribution in [0.3, 0.4) is 0 Å². The van der Waals surface area contributed by atoms with Gasteiger partial charge >= 0.3 is 0 Å². The van der Waals surface area contributed by atoms with Crippen LogP contribution in [0.1, 0.15) is 40.0 Å². The van der Waals surface area contributed by atoms with Crippen LogP contribution >= 0.6 is 0 Å². The van der Waals surface area contributed by atoms with Crippen LogP contribution in [0.25, 0.3) is 0 Å². The number of carbonyl (C=O) groups excluding carboxylic acids is 1. The lowest BCUT2D eigenvalue weighted by atomic mass is 10.1. The number of benzene rings is 1. The third-order valence-corrected chi connectivity index (χ3v) is 4.95. The van der Waals surface area contributed by atoms with Crippen molar-refractivity contribution < 1.29 is 4.79 Å². The van der Waals surface area contributed by atoms with Crippen LogP contribution in [-0.4, -0.2) is 39.9 Å². The molecule has 0 saturated carbocycles. The Morgan fingerprint density at radius 2 is 2.08 bits per heavy atom. The second-order valence-electron chi connectivity index (χ2n) is 6.57. The van der Waals surface area contributed by atoms with Gasteiger partial charge in [-0.1, -0.05) is 0 Å². The number of aromatic nitrogens is 2. The zero-order valence-corrected chi connectivity index (χ0v) is 13.9. The first-order valence-electron chi connectivity index (χ1n) is 8.63. The van der Waals surface area contributed by atoms with Crippen molar-refractivity contribution in [1.29, 1.82) is 5.26 Å². The van der Waals surface area contributed by atoms with Gasteiger partial charge in [-0.15, -0.1) is 0 Å². The van der Waals surface area contributed by atoms with Gasteiger partial charge in [-0.3, -0.25) is 4.79 Å². The number of carbonyl (C=O) groups is 1. The van der Waals surface area contributed by atoms with Crippen LogP contribution in [0.4, 0.5) is 5.82 Å². The lowest BCUT2D eigenvalue weighted by molar-refractivity contribution is 0.0791. The monoisotopic (exact) mass is 333 g/mol. The SMILES string of the molecule is N#Cc1ccc(C(=O)N2CCC(Nc3ncnc4c3CCC4)C2)cc1. The van der Waals surface area contributed by atoms with Crippen molar-refractivity contribution in [2.45, 2.75) is 31.7 Å². The van der Waals surface area contributed by atoms with Gasteiger partial charge in [0.05, 0.1) is 11.6 Å². The van der Waals surface area contributed by atoms with Crippen LogP contribution in [0.2, 0.25) is 0 Å². The summed E-state index contributed by atoms with van der Waals surface area (Å²) in [5.41, 5.74) is 3.58. The minimum atomic E-state index is 0.0155. The number of rotatable bonds is 3. The van der Waals surface area contributed by atoms with Crippen LogP contribution < -0.4 is 5.32 Å². The molecule has 2 heterocycles. The summed E-state index contributed by atoms with van der Waals surface area (Å²) in [6.45, 7) is 1.39. The third-order valence-electron chi connectivity index (χ3n) is 4.95. The Balaban J connectivity index is 1.42. The molecule has 1 aromatic heterocycles. The van der Waals surface area contributed by atoms with Gasteiger partial charge in [-0.2, -0.15) is 5.26 Å². The summed E-state index contributed by atoms with van der Waals surface area (Å²) in [6, 6.07) is 9.09. The summed E-state index contributed by atoms with van der Waals surface area (Å²) in [4.78, 5) is 23.2. The molecule has 1 saturated heterocycles. The average Bonchev–Trinajstić information content (AvgIpc) is 3.31. The van der Waals surface area contributed by atoms with E-state index in [1.165, 1.54) is 5.56 Å². The Morgan fingerprint density at radius 1 is 1.24 bits per heavy atom. The summed E-state index contributed by atoms with van der Waals surface area (Å²) in [6.07, 6.45) is 5.72. The molecule has 6 nitrogen and oxygen atoms in total. The molecule has 25 heavy (non-hydrogen) atoms. The zero-order chi connectivity index (χ0) is 17.2. The number of nitrogens with one attached hydrogen (secondary N) is 1. The van der Waals surface area contributed by atoms with E-state index in [0.29, 0.717) is 17.7 Å². The molecule has 1 amide bonds. The molecule has 2 aromatic rings. The summed E-state index contributed by atoms with van der Waals surface area (Å²) >= 11 is 0. The molecular formula is C19H19N5O. The maximum absolute atomic E-state index is 12.6. The third kappa shape index (κ3) is 3.05. The van der Waals surface area contributed by atoms with Gasteiger partial charge in [0.1, 0.15) is 12.1 Å². The van der Waals surface area contributed by atoms with Gasteiger partial charge in [-0.25, -0.2) is 9.97 Å². The van der Waals surface area contributed by atoms with Gasteiger partial charge < -0.3 is 10.2 Å². The van der Waals surface area contributed by atoms with E-state index < -0.39 is 0 Å². The lowest BCUT2D eigenvalue weighted by Gasteiger charge is -2.18. The Morgan fingerprint density at radius 3 is 2.88 bits per heavy atom. The van der Waals surface area contributed by atoms with Crippen molar-refractivity contribution in [2.75, 3.05) is 18.4 Å². The number of aryl methyl sites for hydroxylation is 1. The first-order valence-corrected chi connectivity index (χ1v) is 8.63. The highest BCUT2D eigenvalue weighted by Crippen LogP contribution is 2.27. The van der Waals surface area contributed by atoms with Gasteiger partial charge in [0.15, 0.2) is 0 Å². The molecule has 0 bridgehead atoms. The fourth-order valence-corrected chi connectivity index (χ4v) is 3.61. The molecule has 1 N–H and O–H groups in total. The minimum absolute atomic E-state index is 0.0155. The molecule has 1 atom stereocenters. The van der Waals surface area contributed by atoms with E-state index in [0.717, 1.165) is 43.7 Å². The molecule has 1 fully saturated rings. The molecule has 0 radical (unpaired) electrons. The van der Waals surface area contributed by atoms with E-state index in [1.54, 1.807) is 30.6 Å². The molecular weight excluding hydrogens is 314 g/mol. The number of amides is 1. The number of hydrogen-bond donors (Lipinski definition) is 1. The van der Waals surface area contributed by atoms with Crippen molar-refractivity contribution in [3.63, 3.8) is 0 Å². The van der Waals surface area contributed by atoms with Crippen molar-refractivity contribution in [1.82, 2.24) is 14.9 Å². The highest BCUT2D eigenvalue weighted by molar-refractivity contribution is 5.94. The fraction of sp³-hybridized carbons (Fsp3) is 0.368. The van der Waals surface area contributed by atoms with E-state index in [1.807, 2.05) is 4.90 Å². The molecule has 6 heteroatoms. The summed E-state index contributed by atoms with van der Waals surface area (Å²) < 4.78 is 0. The normalized spacial score (nSPS) is 18.7. The van der Waals surface area contributed by atoms with Crippen molar-refractivity contribution in [2.24, 2.45) is 0 Å². The summed E-state index contributed by atoms with van der Waals surface area (Å²) in [7, 11) is 0. The summed E-state index contributed by atoms with van der Waals surface area (Å²) in [5, 5.41) is 12.4. The Hall–Kier alpha value is -2.94. The standard InChI is InChI=1S/C19H19N5O/c20-10-13-4-6-14(7-5-13)19(25)24-9-8-15(11-24)23-18-16-2-1-3-17(16)21-12-22-18/h4-7,12,15H,1-3,8-9,11H2,(H,21,22,23). The topological polar surface area (TPSA) is 81.9 Å². The maximum Gasteiger partial charge on any atom is 0.253 e. The van der Waals surface area contributed by atoms with Crippen LogP contribution in [-0.2, 0) is 12.8 Å². The first kappa shape index (κ1) is 15.6. The smallest absolute Gasteiger partial charge is 0.253 e. The number of fused-ring (bicyclic) bond motifs is 1. The number of nitriles is 1. The fourth-order valence-electron chi connectivity index (χ4n) is 3.61. The number of hydrogen-bond acceptors (Lipinski definition) is 5. The number of likely N-dealkylation sites (tertiary alicyclic amines) is 1. The molecule has 126 valence electrons. The number of anilines is 1. The van der Waals surface area contributed by atoms with Crippen LogP contribution in [0.15, 0.2) is 30.6 Å². The van der Waals surface area contributed by atoms with E-state index >= 15 is 0 Å². The van der Waals surface area contributed by atoms with E-state index in [-0.39, 0.29) is 11.9 Å². The van der Waals surface area contributed by atoms with Gasteiger partial charge in [0.25, 0.3) is 5.91 Å². The summed E-state index contributed by atoms with van der Waals surface area (Å²) in [5.74, 6) is 0.946. The molecule has 4 rings (SSSR count).